The van der Waals surface area contributed by atoms with Gasteiger partial charge in [0, 0.05) is 16.2 Å². The number of para-hydroxylation sites is 1. The van der Waals surface area contributed by atoms with Gasteiger partial charge in [-0.2, -0.15) is 0 Å². The van der Waals surface area contributed by atoms with E-state index in [9.17, 15) is 13.2 Å². The average molecular weight is 476 g/mol. The van der Waals surface area contributed by atoms with Gasteiger partial charge in [0.15, 0.2) is 5.13 Å². The van der Waals surface area contributed by atoms with Gasteiger partial charge in [0.2, 0.25) is 0 Å². The van der Waals surface area contributed by atoms with Crippen molar-refractivity contribution in [3.63, 3.8) is 0 Å². The first-order valence-electron chi connectivity index (χ1n) is 8.22. The van der Waals surface area contributed by atoms with Gasteiger partial charge in [-0.3, -0.25) is 9.52 Å². The minimum absolute atomic E-state index is 0.150. The Bertz CT molecular complexity index is 1310. The number of halogens is 1. The molecule has 4 rings (SSSR count). The summed E-state index contributed by atoms with van der Waals surface area (Å²) >= 11 is 4.46. The molecule has 0 amide bonds. The predicted molar refractivity (Wildman–Crippen MR) is 116 cm³/mol. The molecule has 0 spiro atoms. The smallest absolute Gasteiger partial charge is 0.263 e. The van der Waals surface area contributed by atoms with Crippen molar-refractivity contribution in [2.24, 2.45) is 0 Å². The SMILES string of the molecule is O=c1[nH]c2ccccc2cc1-c1csc(NS(=O)(=O)c2ccc(CBr)cc2)n1. The van der Waals surface area contributed by atoms with E-state index in [1.807, 2.05) is 24.3 Å². The van der Waals surface area contributed by atoms with Crippen molar-refractivity contribution in [3.05, 3.63) is 75.9 Å². The molecule has 4 aromatic rings. The number of nitrogens with one attached hydrogen (secondary N) is 2. The molecule has 0 unspecified atom stereocenters. The Balaban J connectivity index is 1.64. The van der Waals surface area contributed by atoms with Crippen LogP contribution in [0, 0.1) is 0 Å². The minimum atomic E-state index is -3.76. The number of pyridine rings is 1. The number of aromatic nitrogens is 2. The highest BCUT2D eigenvalue weighted by atomic mass is 79.9. The third-order valence-electron chi connectivity index (χ3n) is 4.14. The van der Waals surface area contributed by atoms with Crippen LogP contribution in [0.4, 0.5) is 5.13 Å². The molecule has 0 bridgehead atoms. The molecule has 2 heterocycles. The van der Waals surface area contributed by atoms with Crippen LogP contribution in [0.3, 0.4) is 0 Å². The van der Waals surface area contributed by atoms with Gasteiger partial charge in [0.05, 0.1) is 16.2 Å². The van der Waals surface area contributed by atoms with Gasteiger partial charge in [-0.05, 0) is 35.2 Å². The number of fused-ring (bicyclic) bond motifs is 1. The van der Waals surface area contributed by atoms with Gasteiger partial charge in [-0.1, -0.05) is 46.3 Å². The number of H-pyrrole nitrogens is 1. The maximum absolute atomic E-state index is 12.6. The summed E-state index contributed by atoms with van der Waals surface area (Å²) in [4.78, 5) is 19.6. The Morgan fingerprint density at radius 2 is 1.86 bits per heavy atom. The normalized spacial score (nSPS) is 11.6. The van der Waals surface area contributed by atoms with Crippen molar-refractivity contribution in [3.8, 4) is 11.3 Å². The van der Waals surface area contributed by atoms with Gasteiger partial charge >= 0.3 is 0 Å². The maximum Gasteiger partial charge on any atom is 0.263 e. The summed E-state index contributed by atoms with van der Waals surface area (Å²) < 4.78 is 27.6. The van der Waals surface area contributed by atoms with Crippen molar-refractivity contribution in [1.29, 1.82) is 0 Å². The van der Waals surface area contributed by atoms with Crippen LogP contribution in [0.5, 0.6) is 0 Å². The van der Waals surface area contributed by atoms with Crippen LogP contribution in [-0.4, -0.2) is 18.4 Å². The molecule has 142 valence electrons. The lowest BCUT2D eigenvalue weighted by molar-refractivity contribution is 0.601. The van der Waals surface area contributed by atoms with Gasteiger partial charge in [-0.25, -0.2) is 13.4 Å². The van der Waals surface area contributed by atoms with Crippen LogP contribution in [0.2, 0.25) is 0 Å². The second kappa shape index (κ2) is 7.50. The summed E-state index contributed by atoms with van der Waals surface area (Å²) in [6.45, 7) is 0. The summed E-state index contributed by atoms with van der Waals surface area (Å²) in [6.07, 6.45) is 0. The standard InChI is InChI=1S/C19H14BrN3O3S2/c20-10-12-5-7-14(8-6-12)28(25,26)23-19-22-17(11-27-19)15-9-13-3-1-2-4-16(13)21-18(15)24/h1-9,11H,10H2,(H,21,24)(H,22,23). The molecule has 0 atom stereocenters. The fourth-order valence-electron chi connectivity index (χ4n) is 2.71. The number of thiazole rings is 1. The lowest BCUT2D eigenvalue weighted by Crippen LogP contribution is -2.13. The second-order valence-corrected chi connectivity index (χ2v) is 9.12. The van der Waals surface area contributed by atoms with E-state index in [4.69, 9.17) is 0 Å². The predicted octanol–water partition coefficient (Wildman–Crippen LogP) is 4.35. The van der Waals surface area contributed by atoms with Crippen molar-refractivity contribution < 1.29 is 8.42 Å². The third kappa shape index (κ3) is 3.73. The third-order valence-corrected chi connectivity index (χ3v) is 7.03. The highest BCUT2D eigenvalue weighted by Crippen LogP contribution is 2.26. The summed E-state index contributed by atoms with van der Waals surface area (Å²) in [7, 11) is -3.76. The van der Waals surface area contributed by atoms with Crippen LogP contribution in [0.1, 0.15) is 5.56 Å². The molecular weight excluding hydrogens is 462 g/mol. The van der Waals surface area contributed by atoms with Crippen molar-refractivity contribution >= 4 is 53.3 Å². The number of rotatable bonds is 5. The Morgan fingerprint density at radius 1 is 1.11 bits per heavy atom. The number of sulfonamides is 1. The number of hydrogen-bond acceptors (Lipinski definition) is 5. The summed E-state index contributed by atoms with van der Waals surface area (Å²) in [5, 5.41) is 3.38. The van der Waals surface area contributed by atoms with Crippen LogP contribution >= 0.6 is 27.3 Å². The number of hydrogen-bond donors (Lipinski definition) is 2. The molecule has 0 radical (unpaired) electrons. The number of alkyl halides is 1. The fourth-order valence-corrected chi connectivity index (χ4v) is 5.05. The first-order chi connectivity index (χ1) is 13.5. The van der Waals surface area contributed by atoms with E-state index in [1.165, 1.54) is 0 Å². The van der Waals surface area contributed by atoms with Crippen molar-refractivity contribution in [1.82, 2.24) is 9.97 Å². The highest BCUT2D eigenvalue weighted by molar-refractivity contribution is 9.08. The summed E-state index contributed by atoms with van der Waals surface area (Å²) in [5.74, 6) is 0. The quantitative estimate of drug-likeness (QED) is 0.419. The van der Waals surface area contributed by atoms with E-state index in [0.29, 0.717) is 16.6 Å². The van der Waals surface area contributed by atoms with Gasteiger partial charge in [0.1, 0.15) is 0 Å². The zero-order valence-corrected chi connectivity index (χ0v) is 17.6. The monoisotopic (exact) mass is 475 g/mol. The molecule has 0 aliphatic rings. The zero-order valence-electron chi connectivity index (χ0n) is 14.3. The van der Waals surface area contributed by atoms with Crippen LogP contribution in [0.15, 0.2) is 69.7 Å². The largest absolute Gasteiger partial charge is 0.321 e. The Hall–Kier alpha value is -2.49. The number of aromatic amines is 1. The maximum atomic E-state index is 12.6. The van der Waals surface area contributed by atoms with Crippen molar-refractivity contribution in [2.45, 2.75) is 10.2 Å². The lowest BCUT2D eigenvalue weighted by Gasteiger charge is -2.05. The van der Waals surface area contributed by atoms with E-state index in [-0.39, 0.29) is 15.6 Å². The van der Waals surface area contributed by atoms with Crippen LogP contribution in [0.25, 0.3) is 22.2 Å². The van der Waals surface area contributed by atoms with E-state index >= 15 is 0 Å². The van der Waals surface area contributed by atoms with E-state index in [0.717, 1.165) is 27.8 Å². The molecule has 0 aliphatic carbocycles. The molecule has 6 nitrogen and oxygen atoms in total. The number of nitrogens with zero attached hydrogens (tertiary/aromatic N) is 1. The molecule has 28 heavy (non-hydrogen) atoms. The molecule has 0 fully saturated rings. The lowest BCUT2D eigenvalue weighted by atomic mass is 10.1. The topological polar surface area (TPSA) is 91.9 Å². The fraction of sp³-hybridized carbons (Fsp3) is 0.0526. The minimum Gasteiger partial charge on any atom is -0.321 e. The molecule has 0 saturated heterocycles. The van der Waals surface area contributed by atoms with Crippen LogP contribution in [-0.2, 0) is 15.4 Å². The second-order valence-electron chi connectivity index (χ2n) is 6.02. The molecular formula is C19H14BrN3O3S2. The van der Waals surface area contributed by atoms with Gasteiger partial charge < -0.3 is 4.98 Å². The summed E-state index contributed by atoms with van der Waals surface area (Å²) in [6, 6.07) is 15.8. The Morgan fingerprint density at radius 3 is 2.61 bits per heavy atom. The first-order valence-corrected chi connectivity index (χ1v) is 11.7. The summed E-state index contributed by atoms with van der Waals surface area (Å²) in [5.41, 5.74) is 2.25. The number of anilines is 1. The highest BCUT2D eigenvalue weighted by Gasteiger charge is 2.17. The van der Waals surface area contributed by atoms with Crippen molar-refractivity contribution in [2.75, 3.05) is 4.72 Å². The molecule has 2 aromatic carbocycles. The van der Waals surface area contributed by atoms with Gasteiger partial charge in [-0.15, -0.1) is 11.3 Å². The molecule has 2 aromatic heterocycles. The van der Waals surface area contributed by atoms with Crippen LogP contribution < -0.4 is 10.3 Å². The first kappa shape index (κ1) is 18.9. The molecule has 0 aliphatic heterocycles. The Kier molecular flexibility index (Phi) is 5.05. The molecule has 0 saturated carbocycles. The number of benzene rings is 2. The zero-order chi connectivity index (χ0) is 19.7. The van der Waals surface area contributed by atoms with E-state index in [1.54, 1.807) is 35.7 Å². The average Bonchev–Trinajstić information content (AvgIpc) is 3.15. The molecule has 9 heteroatoms. The Labute approximate surface area is 173 Å². The van der Waals surface area contributed by atoms with E-state index in [2.05, 4.69) is 30.6 Å². The van der Waals surface area contributed by atoms with E-state index < -0.39 is 10.0 Å². The molecule has 2 N–H and O–H groups in total. The van der Waals surface area contributed by atoms with Gasteiger partial charge in [0.25, 0.3) is 15.6 Å².